The molecule has 0 saturated carbocycles. The van der Waals surface area contributed by atoms with E-state index in [1.54, 1.807) is 19.1 Å². The number of methoxy groups -OCH3 is 1. The van der Waals surface area contributed by atoms with Crippen LogP contribution < -0.4 is 9.46 Å². The Balaban J connectivity index is 0.00000106. The smallest absolute Gasteiger partial charge is 0.228 e. The van der Waals surface area contributed by atoms with Crippen molar-refractivity contribution in [3.63, 3.8) is 0 Å². The molecule has 21 heavy (non-hydrogen) atoms. The van der Waals surface area contributed by atoms with Crippen molar-refractivity contribution in [2.24, 2.45) is 0 Å². The molecule has 0 amide bonds. The second-order valence-electron chi connectivity index (χ2n) is 3.68. The van der Waals surface area contributed by atoms with Crippen LogP contribution in [-0.4, -0.2) is 17.1 Å². The third kappa shape index (κ3) is 5.06. The minimum atomic E-state index is -0.336. The first-order valence-corrected chi connectivity index (χ1v) is 7.54. The first-order chi connectivity index (χ1) is 10.1. The molecule has 0 aromatic carbocycles. The maximum absolute atomic E-state index is 13.1. The lowest BCUT2D eigenvalue weighted by atomic mass is 10.3. The minimum Gasteiger partial charge on any atom is -0.480 e. The Hall–Kier alpha value is -1.53. The first-order valence-electron chi connectivity index (χ1n) is 6.34. The maximum Gasteiger partial charge on any atom is 0.228 e. The summed E-state index contributed by atoms with van der Waals surface area (Å²) in [6, 6.07) is 3.34. The molecule has 0 aliphatic heterocycles. The Labute approximate surface area is 133 Å². The largest absolute Gasteiger partial charge is 0.480 e. The van der Waals surface area contributed by atoms with Crippen LogP contribution in [0.3, 0.4) is 0 Å². The zero-order valence-corrected chi connectivity index (χ0v) is 13.8. The predicted octanol–water partition coefficient (Wildman–Crippen LogP) is 4.73. The van der Waals surface area contributed by atoms with Gasteiger partial charge in [0.15, 0.2) is 0 Å². The van der Waals surface area contributed by atoms with Gasteiger partial charge >= 0.3 is 0 Å². The molecule has 2 aromatic rings. The molecular formula is C14H17ClFN3OS. The lowest BCUT2D eigenvalue weighted by Crippen LogP contribution is -1.96. The van der Waals surface area contributed by atoms with E-state index in [1.807, 2.05) is 13.8 Å². The van der Waals surface area contributed by atoms with Gasteiger partial charge in [0.05, 0.1) is 23.2 Å². The zero-order chi connectivity index (χ0) is 15.8. The van der Waals surface area contributed by atoms with Gasteiger partial charge in [-0.05, 0) is 36.6 Å². The molecule has 1 N–H and O–H groups in total. The van der Waals surface area contributed by atoms with Crippen LogP contribution in [0, 0.1) is 12.7 Å². The molecule has 2 rings (SSSR count). The number of rotatable bonds is 4. The minimum absolute atomic E-state index is 0.336. The van der Waals surface area contributed by atoms with Crippen LogP contribution in [-0.2, 0) is 0 Å². The fourth-order valence-corrected chi connectivity index (χ4v) is 2.29. The van der Waals surface area contributed by atoms with E-state index in [0.717, 1.165) is 4.90 Å². The van der Waals surface area contributed by atoms with E-state index >= 15 is 0 Å². The van der Waals surface area contributed by atoms with Crippen LogP contribution in [0.2, 0.25) is 5.02 Å². The van der Waals surface area contributed by atoms with Crippen molar-refractivity contribution in [3.05, 3.63) is 40.9 Å². The molecule has 0 saturated heterocycles. The van der Waals surface area contributed by atoms with Crippen molar-refractivity contribution in [2.75, 3.05) is 11.8 Å². The van der Waals surface area contributed by atoms with E-state index in [4.69, 9.17) is 16.3 Å². The van der Waals surface area contributed by atoms with Gasteiger partial charge in [0, 0.05) is 6.20 Å². The van der Waals surface area contributed by atoms with Crippen molar-refractivity contribution in [3.8, 4) is 5.88 Å². The van der Waals surface area contributed by atoms with Crippen molar-refractivity contribution < 1.29 is 9.13 Å². The molecule has 0 atom stereocenters. The van der Waals surface area contributed by atoms with Crippen LogP contribution >= 0.6 is 23.5 Å². The van der Waals surface area contributed by atoms with E-state index in [2.05, 4.69) is 14.7 Å². The summed E-state index contributed by atoms with van der Waals surface area (Å²) in [7, 11) is 1.53. The van der Waals surface area contributed by atoms with Crippen molar-refractivity contribution >= 4 is 29.4 Å². The van der Waals surface area contributed by atoms with Crippen LogP contribution in [0.25, 0.3) is 0 Å². The molecular weight excluding hydrogens is 313 g/mol. The summed E-state index contributed by atoms with van der Waals surface area (Å²) in [6.45, 7) is 5.67. The van der Waals surface area contributed by atoms with Gasteiger partial charge in [-0.1, -0.05) is 25.4 Å². The third-order valence-electron chi connectivity index (χ3n) is 2.29. The Morgan fingerprint density at radius 3 is 2.57 bits per heavy atom. The molecule has 0 aliphatic carbocycles. The number of aromatic nitrogens is 2. The van der Waals surface area contributed by atoms with Crippen LogP contribution in [0.1, 0.15) is 19.4 Å². The van der Waals surface area contributed by atoms with E-state index < -0.39 is 0 Å². The number of anilines is 1. The monoisotopic (exact) mass is 329 g/mol. The molecule has 0 radical (unpaired) electrons. The summed E-state index contributed by atoms with van der Waals surface area (Å²) >= 11 is 7.12. The second-order valence-corrected chi connectivity index (χ2v) is 4.97. The molecule has 0 bridgehead atoms. The number of nitrogens with one attached hydrogen (secondary N) is 1. The fraction of sp³-hybridized carbons (Fsp3) is 0.286. The van der Waals surface area contributed by atoms with Gasteiger partial charge < -0.3 is 9.46 Å². The molecule has 4 nitrogen and oxygen atoms in total. The number of hydrogen-bond donors (Lipinski definition) is 1. The highest BCUT2D eigenvalue weighted by Crippen LogP contribution is 2.30. The van der Waals surface area contributed by atoms with Gasteiger partial charge in [0.25, 0.3) is 0 Å². The third-order valence-corrected chi connectivity index (χ3v) is 3.32. The predicted molar refractivity (Wildman–Crippen MR) is 85.6 cm³/mol. The van der Waals surface area contributed by atoms with E-state index in [1.165, 1.54) is 31.5 Å². The van der Waals surface area contributed by atoms with Gasteiger partial charge in [0.1, 0.15) is 11.6 Å². The SMILES string of the molecule is CC.COc1ncc(Cl)cc1SNc1cc(C)c(F)cn1. The van der Waals surface area contributed by atoms with Gasteiger partial charge in [-0.2, -0.15) is 0 Å². The molecule has 114 valence electrons. The molecule has 2 heterocycles. The Bertz CT molecular complexity index is 598. The Morgan fingerprint density at radius 2 is 1.95 bits per heavy atom. The highest BCUT2D eigenvalue weighted by Gasteiger charge is 2.07. The summed E-state index contributed by atoms with van der Waals surface area (Å²) in [5.74, 6) is 0.671. The molecule has 2 aromatic heterocycles. The summed E-state index contributed by atoms with van der Waals surface area (Å²) < 4.78 is 21.2. The van der Waals surface area contributed by atoms with Gasteiger partial charge in [-0.3, -0.25) is 0 Å². The van der Waals surface area contributed by atoms with Crippen molar-refractivity contribution in [1.29, 1.82) is 0 Å². The van der Waals surface area contributed by atoms with E-state index in [9.17, 15) is 4.39 Å². The van der Waals surface area contributed by atoms with Gasteiger partial charge in [0.2, 0.25) is 5.88 Å². The quantitative estimate of drug-likeness (QED) is 0.821. The number of halogens is 2. The van der Waals surface area contributed by atoms with Crippen molar-refractivity contribution in [1.82, 2.24) is 9.97 Å². The summed E-state index contributed by atoms with van der Waals surface area (Å²) in [6.07, 6.45) is 2.68. The standard InChI is InChI=1S/C12H11ClFN3OS.C2H6/c1-7-3-11(15-6-9(7)14)17-19-10-4-8(13)5-16-12(10)18-2;1-2/h3-6H,1-2H3,(H,15,17);1-2H3. The van der Waals surface area contributed by atoms with Crippen LogP contribution in [0.4, 0.5) is 10.2 Å². The molecule has 0 aliphatic rings. The summed E-state index contributed by atoms with van der Waals surface area (Å²) in [4.78, 5) is 8.70. The molecule has 0 unspecified atom stereocenters. The number of pyridine rings is 2. The molecule has 7 heteroatoms. The number of aryl methyl sites for hydroxylation is 1. The summed E-state index contributed by atoms with van der Waals surface area (Å²) in [5.41, 5.74) is 0.522. The zero-order valence-electron chi connectivity index (χ0n) is 12.3. The maximum atomic E-state index is 13.1. The average Bonchev–Trinajstić information content (AvgIpc) is 2.50. The number of hydrogen-bond acceptors (Lipinski definition) is 5. The van der Waals surface area contributed by atoms with Gasteiger partial charge in [-0.15, -0.1) is 0 Å². The molecule has 0 spiro atoms. The van der Waals surface area contributed by atoms with E-state index in [0.29, 0.717) is 22.3 Å². The molecule has 0 fully saturated rings. The van der Waals surface area contributed by atoms with Crippen LogP contribution in [0.15, 0.2) is 29.4 Å². The van der Waals surface area contributed by atoms with Gasteiger partial charge in [-0.25, -0.2) is 14.4 Å². The van der Waals surface area contributed by atoms with E-state index in [-0.39, 0.29) is 5.82 Å². The summed E-state index contributed by atoms with van der Waals surface area (Å²) in [5, 5.41) is 0.508. The lowest BCUT2D eigenvalue weighted by molar-refractivity contribution is 0.387. The fourth-order valence-electron chi connectivity index (χ4n) is 1.34. The highest BCUT2D eigenvalue weighted by atomic mass is 35.5. The average molecular weight is 330 g/mol. The second kappa shape index (κ2) is 8.69. The Morgan fingerprint density at radius 1 is 1.24 bits per heavy atom. The topological polar surface area (TPSA) is 47.0 Å². The highest BCUT2D eigenvalue weighted by molar-refractivity contribution is 8.00. The number of ether oxygens (including phenoxy) is 1. The first kappa shape index (κ1) is 17.5. The Kier molecular flexibility index (Phi) is 7.25. The van der Waals surface area contributed by atoms with Crippen LogP contribution in [0.5, 0.6) is 5.88 Å². The van der Waals surface area contributed by atoms with Crippen molar-refractivity contribution in [2.45, 2.75) is 25.7 Å². The normalized spacial score (nSPS) is 9.62. The lowest BCUT2D eigenvalue weighted by Gasteiger charge is -2.09. The number of nitrogens with zero attached hydrogens (tertiary/aromatic N) is 2.